The smallest absolute Gasteiger partial charge is 0.217 e. The average molecular weight is 397 g/mol. The van der Waals surface area contributed by atoms with Crippen molar-refractivity contribution in [3.63, 3.8) is 0 Å². The molecule has 2 N–H and O–H groups in total. The Balaban J connectivity index is 2.71. The summed E-state index contributed by atoms with van der Waals surface area (Å²) in [6.45, 7) is 14.1. The van der Waals surface area contributed by atoms with Crippen molar-refractivity contribution < 1.29 is 9.90 Å². The van der Waals surface area contributed by atoms with Crippen LogP contribution in [0.3, 0.4) is 0 Å². The number of amides is 1. The van der Waals surface area contributed by atoms with Crippen molar-refractivity contribution in [2.24, 2.45) is 0 Å². The summed E-state index contributed by atoms with van der Waals surface area (Å²) < 4.78 is 0. The van der Waals surface area contributed by atoms with E-state index in [0.29, 0.717) is 5.75 Å². The Morgan fingerprint density at radius 2 is 1.34 bits per heavy atom. The van der Waals surface area contributed by atoms with Gasteiger partial charge >= 0.3 is 0 Å². The number of phenols is 1. The van der Waals surface area contributed by atoms with Crippen LogP contribution in [0.25, 0.3) is 0 Å². The van der Waals surface area contributed by atoms with E-state index in [1.807, 2.05) is 31.1 Å². The van der Waals surface area contributed by atoms with Gasteiger partial charge in [0.25, 0.3) is 0 Å². The Morgan fingerprint density at radius 3 is 1.69 bits per heavy atom. The van der Waals surface area contributed by atoms with Crippen molar-refractivity contribution in [3.8, 4) is 5.75 Å². The highest BCUT2D eigenvalue weighted by molar-refractivity contribution is 5.74. The van der Waals surface area contributed by atoms with Crippen LogP contribution in [-0.4, -0.2) is 25.1 Å². The van der Waals surface area contributed by atoms with Gasteiger partial charge in [-0.15, -0.1) is 0 Å². The van der Waals surface area contributed by atoms with Crippen LogP contribution in [0, 0.1) is 0 Å². The van der Waals surface area contributed by atoms with Gasteiger partial charge in [-0.1, -0.05) is 53.7 Å². The maximum atomic E-state index is 12.0. The van der Waals surface area contributed by atoms with Gasteiger partial charge in [0.15, 0.2) is 0 Å². The van der Waals surface area contributed by atoms with Crippen LogP contribution < -0.4 is 10.2 Å². The second-order valence-electron chi connectivity index (χ2n) is 10.1. The minimum Gasteiger partial charge on any atom is -0.507 e. The highest BCUT2D eigenvalue weighted by atomic mass is 16.3. The van der Waals surface area contributed by atoms with Gasteiger partial charge in [-0.05, 0) is 57.3 Å². The lowest BCUT2D eigenvalue weighted by Crippen LogP contribution is -2.28. The molecule has 0 saturated carbocycles. The number of aromatic hydroxyl groups is 1. The number of carbonyl (C=O) groups excluding carboxylic acids is 1. The van der Waals surface area contributed by atoms with E-state index in [0.717, 1.165) is 27.9 Å². The average Bonchev–Trinajstić information content (AvgIpc) is 2.58. The number of phenolic OH excluding ortho intramolecular Hbond substituents is 1. The molecule has 0 heterocycles. The molecule has 29 heavy (non-hydrogen) atoms. The van der Waals surface area contributed by atoms with Gasteiger partial charge in [0.1, 0.15) is 5.75 Å². The standard InChI is InChI=1S/C25H36N2O2/c1-16(28)26-22(17-10-12-19(13-11-17)27(8)9)18-14-20(24(2,3)4)23(29)21(15-18)25(5,6)7/h10-15,22,29H,1-9H3,(H,26,28). The Bertz CT molecular complexity index is 834. The molecule has 0 aliphatic heterocycles. The minimum atomic E-state index is -0.286. The van der Waals surface area contributed by atoms with Crippen molar-refractivity contribution >= 4 is 11.6 Å². The van der Waals surface area contributed by atoms with Crippen LogP contribution in [0.1, 0.15) is 76.8 Å². The fraction of sp³-hybridized carbons (Fsp3) is 0.480. The number of nitrogens with one attached hydrogen (secondary N) is 1. The molecule has 0 bridgehead atoms. The molecule has 2 aromatic rings. The van der Waals surface area contributed by atoms with Crippen LogP contribution >= 0.6 is 0 Å². The van der Waals surface area contributed by atoms with Gasteiger partial charge in [0.2, 0.25) is 5.91 Å². The molecule has 0 aliphatic rings. The summed E-state index contributed by atoms with van der Waals surface area (Å²) >= 11 is 0. The molecule has 4 heteroatoms. The lowest BCUT2D eigenvalue weighted by Gasteiger charge is -2.30. The molecule has 0 radical (unpaired) electrons. The Hall–Kier alpha value is -2.49. The van der Waals surface area contributed by atoms with E-state index < -0.39 is 0 Å². The molecule has 4 nitrogen and oxygen atoms in total. The van der Waals surface area contributed by atoms with Gasteiger partial charge in [-0.25, -0.2) is 0 Å². The van der Waals surface area contributed by atoms with Crippen molar-refractivity contribution in [1.82, 2.24) is 5.32 Å². The lowest BCUT2D eigenvalue weighted by atomic mass is 9.77. The third-order valence-electron chi connectivity index (χ3n) is 5.17. The zero-order valence-corrected chi connectivity index (χ0v) is 19.3. The zero-order chi connectivity index (χ0) is 22.1. The van der Waals surface area contributed by atoms with E-state index in [4.69, 9.17) is 0 Å². The minimum absolute atomic E-state index is 0.0885. The number of benzene rings is 2. The number of carbonyl (C=O) groups is 1. The Kier molecular flexibility index (Phi) is 6.36. The molecule has 1 amide bonds. The molecular weight excluding hydrogens is 360 g/mol. The zero-order valence-electron chi connectivity index (χ0n) is 19.3. The third-order valence-corrected chi connectivity index (χ3v) is 5.17. The predicted molar refractivity (Wildman–Crippen MR) is 122 cm³/mol. The third kappa shape index (κ3) is 5.31. The molecule has 0 aliphatic carbocycles. The first kappa shape index (κ1) is 22.8. The van der Waals surface area contributed by atoms with Crippen LogP contribution in [0.5, 0.6) is 5.75 Å². The van der Waals surface area contributed by atoms with Gasteiger partial charge in [-0.2, -0.15) is 0 Å². The largest absolute Gasteiger partial charge is 0.507 e. The van der Waals surface area contributed by atoms with Crippen LogP contribution in [0.15, 0.2) is 36.4 Å². The van der Waals surface area contributed by atoms with Gasteiger partial charge in [-0.3, -0.25) is 4.79 Å². The monoisotopic (exact) mass is 396 g/mol. The normalized spacial score (nSPS) is 13.1. The van der Waals surface area contributed by atoms with E-state index in [2.05, 4.69) is 71.1 Å². The summed E-state index contributed by atoms with van der Waals surface area (Å²) in [4.78, 5) is 14.1. The molecule has 2 aromatic carbocycles. The van der Waals surface area contributed by atoms with Crippen molar-refractivity contribution in [3.05, 3.63) is 58.7 Å². The Labute approximate surface area is 175 Å². The molecule has 0 saturated heterocycles. The molecule has 2 rings (SSSR count). The highest BCUT2D eigenvalue weighted by Crippen LogP contribution is 2.41. The number of hydrogen-bond donors (Lipinski definition) is 2. The summed E-state index contributed by atoms with van der Waals surface area (Å²) in [7, 11) is 4.01. The van der Waals surface area contributed by atoms with Crippen molar-refractivity contribution in [2.45, 2.75) is 65.3 Å². The molecular formula is C25H36N2O2. The second-order valence-corrected chi connectivity index (χ2v) is 10.1. The summed E-state index contributed by atoms with van der Waals surface area (Å²) in [6, 6.07) is 12.0. The number of hydrogen-bond acceptors (Lipinski definition) is 3. The maximum absolute atomic E-state index is 12.0. The first-order valence-corrected chi connectivity index (χ1v) is 10.1. The van der Waals surface area contributed by atoms with E-state index in [1.165, 1.54) is 6.92 Å². The number of rotatable bonds is 4. The lowest BCUT2D eigenvalue weighted by molar-refractivity contribution is -0.119. The van der Waals surface area contributed by atoms with E-state index in [1.54, 1.807) is 0 Å². The molecule has 0 aromatic heterocycles. The topological polar surface area (TPSA) is 52.6 Å². The maximum Gasteiger partial charge on any atom is 0.217 e. The SMILES string of the molecule is CC(=O)NC(c1ccc(N(C)C)cc1)c1cc(C(C)(C)C)c(O)c(C(C)(C)C)c1. The Morgan fingerprint density at radius 1 is 0.897 bits per heavy atom. The van der Waals surface area contributed by atoms with Crippen LogP contribution in [0.2, 0.25) is 0 Å². The van der Waals surface area contributed by atoms with Crippen LogP contribution in [-0.2, 0) is 15.6 Å². The van der Waals surface area contributed by atoms with E-state index in [-0.39, 0.29) is 22.8 Å². The molecule has 0 spiro atoms. The van der Waals surface area contributed by atoms with E-state index in [9.17, 15) is 9.90 Å². The quantitative estimate of drug-likeness (QED) is 0.739. The summed E-state index contributed by atoms with van der Waals surface area (Å²) in [6.07, 6.45) is 0. The van der Waals surface area contributed by atoms with Crippen molar-refractivity contribution in [1.29, 1.82) is 0 Å². The first-order chi connectivity index (χ1) is 13.2. The number of anilines is 1. The molecule has 0 fully saturated rings. The number of nitrogens with zero attached hydrogens (tertiary/aromatic N) is 1. The molecule has 1 atom stereocenters. The van der Waals surface area contributed by atoms with Gasteiger partial charge < -0.3 is 15.3 Å². The molecule has 1 unspecified atom stereocenters. The highest BCUT2D eigenvalue weighted by Gasteiger charge is 2.28. The summed E-state index contributed by atoms with van der Waals surface area (Å²) in [5, 5.41) is 14.1. The van der Waals surface area contributed by atoms with Gasteiger partial charge in [0, 0.05) is 26.7 Å². The van der Waals surface area contributed by atoms with Crippen molar-refractivity contribution in [2.75, 3.05) is 19.0 Å². The summed E-state index contributed by atoms with van der Waals surface area (Å²) in [5.41, 5.74) is 4.42. The first-order valence-electron chi connectivity index (χ1n) is 10.1. The van der Waals surface area contributed by atoms with Crippen LogP contribution in [0.4, 0.5) is 5.69 Å². The fourth-order valence-corrected chi connectivity index (χ4v) is 3.49. The summed E-state index contributed by atoms with van der Waals surface area (Å²) in [5.74, 6) is 0.257. The van der Waals surface area contributed by atoms with E-state index >= 15 is 0 Å². The molecule has 158 valence electrons. The second kappa shape index (κ2) is 8.10. The van der Waals surface area contributed by atoms with Gasteiger partial charge in [0.05, 0.1) is 6.04 Å². The fourth-order valence-electron chi connectivity index (χ4n) is 3.49. The predicted octanol–water partition coefficient (Wildman–Crippen LogP) is 5.28.